The normalized spacial score (nSPS) is 12.2. The molecule has 0 unspecified atom stereocenters. The van der Waals surface area contributed by atoms with Crippen LogP contribution in [-0.4, -0.2) is 5.11 Å². The van der Waals surface area contributed by atoms with Crippen LogP contribution in [0.25, 0.3) is 5.57 Å². The van der Waals surface area contributed by atoms with Gasteiger partial charge in [0.25, 0.3) is 0 Å². The van der Waals surface area contributed by atoms with Gasteiger partial charge in [0.1, 0.15) is 0 Å². The lowest BCUT2D eigenvalue weighted by Gasteiger charge is -2.29. The summed E-state index contributed by atoms with van der Waals surface area (Å²) in [6.45, 7) is 29.2. The Kier molecular flexibility index (Phi) is 9.25. The summed E-state index contributed by atoms with van der Waals surface area (Å²) >= 11 is 0. The second-order valence-corrected chi connectivity index (χ2v) is 12.0. The standard InChI is InChI=1S/C33H50O/c1-18(2)25-14-27(20(5)6)32(28(15-25)21(7)8)31(24(13)34)33-29(22(9)10)16-26(19(3)4)17-30(33)23(11)12/h14-23,34H,1-13H3. The van der Waals surface area contributed by atoms with Crippen molar-refractivity contribution in [1.29, 1.82) is 0 Å². The monoisotopic (exact) mass is 462 g/mol. The Morgan fingerprint density at radius 1 is 0.471 bits per heavy atom. The summed E-state index contributed by atoms with van der Waals surface area (Å²) in [5.74, 6) is 2.80. The minimum atomic E-state index is 0.362. The molecule has 0 aliphatic carbocycles. The van der Waals surface area contributed by atoms with Crippen LogP contribution in [0.4, 0.5) is 0 Å². The van der Waals surface area contributed by atoms with Gasteiger partial charge < -0.3 is 5.11 Å². The summed E-state index contributed by atoms with van der Waals surface area (Å²) in [5, 5.41) is 11.4. The molecule has 1 nitrogen and oxygen atoms in total. The average molecular weight is 463 g/mol. The van der Waals surface area contributed by atoms with E-state index >= 15 is 0 Å². The molecule has 0 atom stereocenters. The molecular formula is C33H50O. The van der Waals surface area contributed by atoms with Crippen molar-refractivity contribution in [2.24, 2.45) is 0 Å². The fourth-order valence-corrected chi connectivity index (χ4v) is 4.98. The highest BCUT2D eigenvalue weighted by Gasteiger charge is 2.27. The molecule has 0 heterocycles. The molecule has 1 N–H and O–H groups in total. The Hall–Kier alpha value is -2.02. The van der Waals surface area contributed by atoms with Crippen molar-refractivity contribution in [3.05, 3.63) is 74.5 Å². The first kappa shape index (κ1) is 28.2. The predicted octanol–water partition coefficient (Wildman–Crippen LogP) is 10.8. The summed E-state index contributed by atoms with van der Waals surface area (Å²) < 4.78 is 0. The Bertz CT molecular complexity index is 889. The number of benzene rings is 2. The van der Waals surface area contributed by atoms with Crippen LogP contribution in [0.1, 0.15) is 170 Å². The lowest BCUT2D eigenvalue weighted by atomic mass is 9.75. The van der Waals surface area contributed by atoms with E-state index in [1.54, 1.807) is 0 Å². The summed E-state index contributed by atoms with van der Waals surface area (Å²) in [6.07, 6.45) is 0. The molecule has 0 bridgehead atoms. The zero-order valence-electron chi connectivity index (χ0n) is 24.2. The van der Waals surface area contributed by atoms with E-state index < -0.39 is 0 Å². The van der Waals surface area contributed by atoms with Crippen LogP contribution in [0.15, 0.2) is 30.0 Å². The van der Waals surface area contributed by atoms with Crippen molar-refractivity contribution in [1.82, 2.24) is 0 Å². The summed E-state index contributed by atoms with van der Waals surface area (Å²) in [6, 6.07) is 9.58. The number of hydrogen-bond donors (Lipinski definition) is 1. The van der Waals surface area contributed by atoms with E-state index in [9.17, 15) is 5.11 Å². The third-order valence-electron chi connectivity index (χ3n) is 7.13. The highest BCUT2D eigenvalue weighted by Crippen LogP contribution is 2.45. The molecule has 0 aliphatic rings. The van der Waals surface area contributed by atoms with Gasteiger partial charge in [0.15, 0.2) is 0 Å². The van der Waals surface area contributed by atoms with Gasteiger partial charge in [-0.15, -0.1) is 0 Å². The zero-order chi connectivity index (χ0) is 26.1. The van der Waals surface area contributed by atoms with E-state index in [0.717, 1.165) is 5.57 Å². The summed E-state index contributed by atoms with van der Waals surface area (Å²) in [4.78, 5) is 0. The molecule has 0 aliphatic heterocycles. The van der Waals surface area contributed by atoms with E-state index in [0.29, 0.717) is 41.3 Å². The van der Waals surface area contributed by atoms with E-state index in [1.165, 1.54) is 44.5 Å². The number of aliphatic hydroxyl groups is 1. The third kappa shape index (κ3) is 5.78. The first-order chi connectivity index (χ1) is 15.7. The van der Waals surface area contributed by atoms with Crippen LogP contribution in [0.2, 0.25) is 0 Å². The molecule has 1 heteroatoms. The van der Waals surface area contributed by atoms with Gasteiger partial charge in [-0.3, -0.25) is 0 Å². The second-order valence-electron chi connectivity index (χ2n) is 12.0. The quantitative estimate of drug-likeness (QED) is 0.387. The minimum Gasteiger partial charge on any atom is -0.512 e. The smallest absolute Gasteiger partial charge is 0.0976 e. The molecule has 2 rings (SSSR count). The first-order valence-electron chi connectivity index (χ1n) is 13.4. The van der Waals surface area contributed by atoms with Gasteiger partial charge in [0.05, 0.1) is 5.76 Å². The molecule has 2 aromatic rings. The van der Waals surface area contributed by atoms with Crippen molar-refractivity contribution in [3.8, 4) is 0 Å². The summed E-state index contributed by atoms with van der Waals surface area (Å²) in [7, 11) is 0. The third-order valence-corrected chi connectivity index (χ3v) is 7.13. The van der Waals surface area contributed by atoms with Gasteiger partial charge in [0, 0.05) is 5.57 Å². The fraction of sp³-hybridized carbons (Fsp3) is 0.576. The van der Waals surface area contributed by atoms with Gasteiger partial charge in [-0.1, -0.05) is 107 Å². The highest BCUT2D eigenvalue weighted by atomic mass is 16.3. The zero-order valence-corrected chi connectivity index (χ0v) is 24.2. The van der Waals surface area contributed by atoms with E-state index in [1.807, 2.05) is 6.92 Å². The molecule has 0 saturated carbocycles. The van der Waals surface area contributed by atoms with Crippen molar-refractivity contribution in [2.45, 2.75) is 126 Å². The lowest BCUT2D eigenvalue weighted by molar-refractivity contribution is 0.417. The fourth-order valence-electron chi connectivity index (χ4n) is 4.98. The molecule has 0 amide bonds. The van der Waals surface area contributed by atoms with Crippen LogP contribution in [0.5, 0.6) is 0 Å². The van der Waals surface area contributed by atoms with Crippen molar-refractivity contribution in [2.75, 3.05) is 0 Å². The predicted molar refractivity (Wildman–Crippen MR) is 152 cm³/mol. The maximum atomic E-state index is 11.4. The Labute approximate surface area is 210 Å². The number of hydrogen-bond acceptors (Lipinski definition) is 1. The van der Waals surface area contributed by atoms with E-state index in [-0.39, 0.29) is 0 Å². The van der Waals surface area contributed by atoms with Crippen LogP contribution < -0.4 is 0 Å². The molecule has 0 aromatic heterocycles. The van der Waals surface area contributed by atoms with E-state index in [2.05, 4.69) is 107 Å². The van der Waals surface area contributed by atoms with Gasteiger partial charge >= 0.3 is 0 Å². The molecule has 0 saturated heterocycles. The maximum absolute atomic E-state index is 11.4. The van der Waals surface area contributed by atoms with Crippen LogP contribution in [-0.2, 0) is 0 Å². The second kappa shape index (κ2) is 11.1. The molecule has 188 valence electrons. The Morgan fingerprint density at radius 3 is 0.853 bits per heavy atom. The van der Waals surface area contributed by atoms with Gasteiger partial charge in [-0.25, -0.2) is 0 Å². The lowest BCUT2D eigenvalue weighted by Crippen LogP contribution is -2.12. The van der Waals surface area contributed by atoms with Crippen LogP contribution in [0.3, 0.4) is 0 Å². The largest absolute Gasteiger partial charge is 0.512 e. The highest BCUT2D eigenvalue weighted by molar-refractivity contribution is 5.88. The van der Waals surface area contributed by atoms with E-state index in [4.69, 9.17) is 0 Å². The molecule has 34 heavy (non-hydrogen) atoms. The first-order valence-corrected chi connectivity index (χ1v) is 13.4. The van der Waals surface area contributed by atoms with Crippen molar-refractivity contribution < 1.29 is 5.11 Å². The average Bonchev–Trinajstić information content (AvgIpc) is 2.72. The number of rotatable bonds is 8. The maximum Gasteiger partial charge on any atom is 0.0976 e. The van der Waals surface area contributed by atoms with Crippen molar-refractivity contribution in [3.63, 3.8) is 0 Å². The Balaban J connectivity index is 3.15. The molecule has 0 radical (unpaired) electrons. The molecule has 2 aromatic carbocycles. The molecule has 0 spiro atoms. The molecule has 0 fully saturated rings. The number of allylic oxidation sites excluding steroid dienone is 1. The summed E-state index contributed by atoms with van der Waals surface area (Å²) in [5.41, 5.74) is 11.7. The number of aliphatic hydroxyl groups excluding tert-OH is 1. The minimum absolute atomic E-state index is 0.362. The SMILES string of the molecule is CC(O)=C(c1c(C(C)C)cc(C(C)C)cc1C(C)C)c1c(C(C)C)cc(C(C)C)cc1C(C)C. The topological polar surface area (TPSA) is 20.2 Å². The Morgan fingerprint density at radius 2 is 0.706 bits per heavy atom. The van der Waals surface area contributed by atoms with Gasteiger partial charge in [-0.2, -0.15) is 0 Å². The van der Waals surface area contributed by atoms with Crippen LogP contribution >= 0.6 is 0 Å². The van der Waals surface area contributed by atoms with Crippen LogP contribution in [0, 0.1) is 0 Å². The van der Waals surface area contributed by atoms with Gasteiger partial charge in [0.2, 0.25) is 0 Å². The van der Waals surface area contributed by atoms with Gasteiger partial charge in [-0.05, 0) is 86.9 Å². The van der Waals surface area contributed by atoms with Crippen molar-refractivity contribution >= 4 is 5.57 Å². The molecular weight excluding hydrogens is 412 g/mol.